The van der Waals surface area contributed by atoms with Crippen molar-refractivity contribution in [3.8, 4) is 0 Å². The van der Waals surface area contributed by atoms with Gasteiger partial charge in [-0.25, -0.2) is 4.39 Å². The van der Waals surface area contributed by atoms with Crippen molar-refractivity contribution in [3.05, 3.63) is 35.1 Å². The second-order valence-corrected chi connectivity index (χ2v) is 4.03. The van der Waals surface area contributed by atoms with Crippen LogP contribution in [-0.2, 0) is 4.74 Å². The summed E-state index contributed by atoms with van der Waals surface area (Å²) in [5.74, 6) is -0.403. The van der Waals surface area contributed by atoms with E-state index in [1.54, 1.807) is 26.0 Å². The van der Waals surface area contributed by atoms with Gasteiger partial charge in [-0.2, -0.15) is 0 Å². The van der Waals surface area contributed by atoms with E-state index in [9.17, 15) is 9.18 Å². The lowest BCUT2D eigenvalue weighted by atomic mass is 10.1. The van der Waals surface area contributed by atoms with Crippen LogP contribution in [0.3, 0.4) is 0 Å². The first-order valence-corrected chi connectivity index (χ1v) is 5.57. The second-order valence-electron chi connectivity index (χ2n) is 4.03. The smallest absolute Gasteiger partial charge is 0.253 e. The normalized spacial score (nSPS) is 10.4. The molecule has 3 nitrogen and oxygen atoms in total. The van der Waals surface area contributed by atoms with Gasteiger partial charge in [-0.3, -0.25) is 4.79 Å². The lowest BCUT2D eigenvalue weighted by molar-refractivity contribution is 0.0778. The standard InChI is InChI=1S/C13H18FNO2/c1-10-9-11(14)5-6-12(10)13(16)15(2)7-4-8-17-3/h5-6,9H,4,7-8H2,1-3H3. The second kappa shape index (κ2) is 6.35. The monoisotopic (exact) mass is 239 g/mol. The van der Waals surface area contributed by atoms with E-state index in [2.05, 4.69) is 0 Å². The molecule has 0 heterocycles. The molecule has 1 aromatic rings. The number of methoxy groups -OCH3 is 1. The Morgan fingerprint density at radius 3 is 2.76 bits per heavy atom. The SMILES string of the molecule is COCCCN(C)C(=O)c1ccc(F)cc1C. The van der Waals surface area contributed by atoms with Crippen molar-refractivity contribution in [1.29, 1.82) is 0 Å². The summed E-state index contributed by atoms with van der Waals surface area (Å²) < 4.78 is 17.8. The predicted molar refractivity (Wildman–Crippen MR) is 64.6 cm³/mol. The van der Waals surface area contributed by atoms with E-state index >= 15 is 0 Å². The van der Waals surface area contributed by atoms with Gasteiger partial charge in [0.15, 0.2) is 0 Å². The van der Waals surface area contributed by atoms with Crippen molar-refractivity contribution in [2.24, 2.45) is 0 Å². The molecule has 17 heavy (non-hydrogen) atoms. The maximum atomic E-state index is 12.9. The van der Waals surface area contributed by atoms with Crippen molar-refractivity contribution in [2.75, 3.05) is 27.3 Å². The van der Waals surface area contributed by atoms with Gasteiger partial charge in [0.05, 0.1) is 0 Å². The van der Waals surface area contributed by atoms with Crippen molar-refractivity contribution in [2.45, 2.75) is 13.3 Å². The van der Waals surface area contributed by atoms with Crippen LogP contribution in [0.2, 0.25) is 0 Å². The van der Waals surface area contributed by atoms with Gasteiger partial charge in [0.1, 0.15) is 5.82 Å². The molecule has 0 saturated carbocycles. The van der Waals surface area contributed by atoms with Crippen LogP contribution >= 0.6 is 0 Å². The maximum Gasteiger partial charge on any atom is 0.253 e. The van der Waals surface area contributed by atoms with Crippen LogP contribution in [0.15, 0.2) is 18.2 Å². The Balaban J connectivity index is 2.68. The molecular weight excluding hydrogens is 221 g/mol. The minimum Gasteiger partial charge on any atom is -0.385 e. The van der Waals surface area contributed by atoms with E-state index in [0.717, 1.165) is 6.42 Å². The molecule has 0 unspecified atom stereocenters. The number of hydrogen-bond acceptors (Lipinski definition) is 2. The van der Waals surface area contributed by atoms with Crippen molar-refractivity contribution >= 4 is 5.91 Å². The molecule has 0 atom stereocenters. The molecule has 0 spiro atoms. The van der Waals surface area contributed by atoms with E-state index in [-0.39, 0.29) is 11.7 Å². The summed E-state index contributed by atoms with van der Waals surface area (Å²) in [5.41, 5.74) is 1.21. The van der Waals surface area contributed by atoms with Gasteiger partial charge in [0.2, 0.25) is 0 Å². The van der Waals surface area contributed by atoms with Gasteiger partial charge in [-0.15, -0.1) is 0 Å². The number of nitrogens with zero attached hydrogens (tertiary/aromatic N) is 1. The Morgan fingerprint density at radius 2 is 2.18 bits per heavy atom. The van der Waals surface area contributed by atoms with Crippen LogP contribution in [0.5, 0.6) is 0 Å². The molecule has 0 fully saturated rings. The van der Waals surface area contributed by atoms with Crippen molar-refractivity contribution in [1.82, 2.24) is 4.90 Å². The first kappa shape index (κ1) is 13.6. The summed E-state index contributed by atoms with van der Waals surface area (Å²) >= 11 is 0. The van der Waals surface area contributed by atoms with Crippen molar-refractivity contribution in [3.63, 3.8) is 0 Å². The fourth-order valence-electron chi connectivity index (χ4n) is 1.62. The maximum absolute atomic E-state index is 12.9. The number of ether oxygens (including phenoxy) is 1. The third-order valence-electron chi connectivity index (χ3n) is 2.61. The summed E-state index contributed by atoms with van der Waals surface area (Å²) in [6, 6.07) is 4.21. The van der Waals surface area contributed by atoms with Crippen LogP contribution < -0.4 is 0 Å². The molecule has 0 N–H and O–H groups in total. The van der Waals surface area contributed by atoms with Gasteiger partial charge < -0.3 is 9.64 Å². The van der Waals surface area contributed by atoms with E-state index in [0.29, 0.717) is 24.3 Å². The Labute approximate surface area is 101 Å². The third-order valence-corrected chi connectivity index (χ3v) is 2.61. The zero-order chi connectivity index (χ0) is 12.8. The fraction of sp³-hybridized carbons (Fsp3) is 0.462. The molecule has 0 aliphatic rings. The molecule has 4 heteroatoms. The van der Waals surface area contributed by atoms with Crippen LogP contribution in [0.1, 0.15) is 22.3 Å². The van der Waals surface area contributed by atoms with Gasteiger partial charge in [0.25, 0.3) is 5.91 Å². The van der Waals surface area contributed by atoms with E-state index in [1.807, 2.05) is 0 Å². The van der Waals surface area contributed by atoms with Crippen LogP contribution in [0, 0.1) is 12.7 Å². The summed E-state index contributed by atoms with van der Waals surface area (Å²) in [7, 11) is 3.37. The number of carbonyl (C=O) groups is 1. The Bertz CT molecular complexity index is 393. The molecule has 0 saturated heterocycles. The quantitative estimate of drug-likeness (QED) is 0.737. The van der Waals surface area contributed by atoms with Crippen LogP contribution in [-0.4, -0.2) is 38.1 Å². The van der Waals surface area contributed by atoms with E-state index in [4.69, 9.17) is 4.74 Å². The average Bonchev–Trinajstić information content (AvgIpc) is 2.28. The number of hydrogen-bond donors (Lipinski definition) is 0. The summed E-state index contributed by atoms with van der Waals surface area (Å²) in [6.07, 6.45) is 0.791. The molecular formula is C13H18FNO2. The zero-order valence-electron chi connectivity index (χ0n) is 10.5. The van der Waals surface area contributed by atoms with Gasteiger partial charge in [-0.1, -0.05) is 0 Å². The largest absolute Gasteiger partial charge is 0.385 e. The summed E-state index contributed by atoms with van der Waals surface area (Å²) in [4.78, 5) is 13.7. The highest BCUT2D eigenvalue weighted by Gasteiger charge is 2.13. The predicted octanol–water partition coefficient (Wildman–Crippen LogP) is 2.24. The van der Waals surface area contributed by atoms with Gasteiger partial charge in [0, 0.05) is 32.9 Å². The lowest BCUT2D eigenvalue weighted by Gasteiger charge is -2.18. The lowest BCUT2D eigenvalue weighted by Crippen LogP contribution is -2.29. The van der Waals surface area contributed by atoms with Crippen molar-refractivity contribution < 1.29 is 13.9 Å². The van der Waals surface area contributed by atoms with Gasteiger partial charge >= 0.3 is 0 Å². The molecule has 1 rings (SSSR count). The minimum atomic E-state index is -0.318. The molecule has 1 aromatic carbocycles. The van der Waals surface area contributed by atoms with Crippen LogP contribution in [0.25, 0.3) is 0 Å². The Kier molecular flexibility index (Phi) is 5.10. The highest BCUT2D eigenvalue weighted by atomic mass is 19.1. The Hall–Kier alpha value is -1.42. The highest BCUT2D eigenvalue weighted by Crippen LogP contribution is 2.12. The molecule has 0 radical (unpaired) electrons. The number of rotatable bonds is 5. The molecule has 0 bridgehead atoms. The number of aryl methyl sites for hydroxylation is 1. The average molecular weight is 239 g/mol. The first-order chi connectivity index (χ1) is 8.06. The first-order valence-electron chi connectivity index (χ1n) is 5.57. The zero-order valence-corrected chi connectivity index (χ0v) is 10.5. The molecule has 94 valence electrons. The summed E-state index contributed by atoms with van der Waals surface area (Å²) in [5, 5.41) is 0. The van der Waals surface area contributed by atoms with Crippen LogP contribution in [0.4, 0.5) is 4.39 Å². The molecule has 0 aromatic heterocycles. The number of benzene rings is 1. The van der Waals surface area contributed by atoms with E-state index in [1.165, 1.54) is 18.2 Å². The fourth-order valence-corrected chi connectivity index (χ4v) is 1.62. The highest BCUT2D eigenvalue weighted by molar-refractivity contribution is 5.95. The minimum absolute atomic E-state index is 0.0846. The third kappa shape index (κ3) is 3.82. The molecule has 1 amide bonds. The van der Waals surface area contributed by atoms with E-state index < -0.39 is 0 Å². The summed E-state index contributed by atoms with van der Waals surface area (Å²) in [6.45, 7) is 2.99. The van der Waals surface area contributed by atoms with Gasteiger partial charge in [-0.05, 0) is 37.1 Å². The number of amides is 1. The Morgan fingerprint density at radius 1 is 1.47 bits per heavy atom. The molecule has 0 aliphatic carbocycles. The molecule has 0 aliphatic heterocycles. The topological polar surface area (TPSA) is 29.5 Å². The number of halogens is 1. The number of carbonyl (C=O) groups excluding carboxylic acids is 1.